The van der Waals surface area contributed by atoms with Gasteiger partial charge in [0.2, 0.25) is 12.4 Å². The zero-order valence-corrected chi connectivity index (χ0v) is 25.6. The zero-order chi connectivity index (χ0) is 31.9. The number of hydrogen-bond acceptors (Lipinski definition) is 7. The van der Waals surface area contributed by atoms with Crippen LogP contribution < -0.4 is 38.7 Å². The van der Waals surface area contributed by atoms with Gasteiger partial charge in [0.25, 0.3) is 0 Å². The number of hydrogen-bond donors (Lipinski definition) is 0. The standard InChI is InChI=1S/C22H21BO3.2C7H8NO2/c24-23(25)26-18-10-17-22(19-11-4-1-5-12-19,20-13-6-2-7-14-20)21-15-8-3-9-16-21;2*1-2-4-8-7(3-1)9-5-6-10-8/h1-9,11-16H,10,17-18H2;2*1-4H,5-6H2/q-2;2*+1. The minimum absolute atomic E-state index is 0.159. The van der Waals surface area contributed by atoms with Crippen LogP contribution in [0.4, 0.5) is 0 Å². The first-order chi connectivity index (χ1) is 22.7. The fourth-order valence-electron chi connectivity index (χ4n) is 5.44. The molecule has 46 heavy (non-hydrogen) atoms. The molecule has 0 radical (unpaired) electrons. The van der Waals surface area contributed by atoms with Gasteiger partial charge in [-0.1, -0.05) is 91.0 Å². The van der Waals surface area contributed by atoms with E-state index in [9.17, 15) is 10.0 Å². The van der Waals surface area contributed by atoms with Crippen molar-refractivity contribution >= 4 is 7.32 Å². The van der Waals surface area contributed by atoms with Crippen LogP contribution in [0.25, 0.3) is 0 Å². The molecule has 0 unspecified atom stereocenters. The highest BCUT2D eigenvalue weighted by atomic mass is 16.7. The quantitative estimate of drug-likeness (QED) is 0.113. The van der Waals surface area contributed by atoms with Gasteiger partial charge in [-0.2, -0.15) is 0 Å². The molecule has 0 N–H and O–H groups in total. The molecule has 4 heterocycles. The summed E-state index contributed by atoms with van der Waals surface area (Å²) in [5.74, 6) is 1.54. The Morgan fingerprint density at radius 1 is 0.565 bits per heavy atom. The summed E-state index contributed by atoms with van der Waals surface area (Å²) in [5, 5.41) is 21.4. The monoisotopic (exact) mass is 620 g/mol. The Bertz CT molecular complexity index is 1400. The number of aromatic nitrogens is 2. The van der Waals surface area contributed by atoms with Crippen LogP contribution in [0.15, 0.2) is 140 Å². The molecule has 0 saturated carbocycles. The lowest BCUT2D eigenvalue weighted by Crippen LogP contribution is -2.49. The number of ether oxygens (including phenoxy) is 2. The molecule has 5 aromatic rings. The summed E-state index contributed by atoms with van der Waals surface area (Å²) in [6, 6.07) is 42.4. The van der Waals surface area contributed by atoms with Crippen LogP contribution in [-0.2, 0) is 10.1 Å². The fourth-order valence-corrected chi connectivity index (χ4v) is 5.44. The number of fused-ring (bicyclic) bond motifs is 2. The molecule has 2 aliphatic heterocycles. The number of nitrogens with zero attached hydrogens (tertiary/aromatic N) is 2. The maximum atomic E-state index is 10.7. The zero-order valence-electron chi connectivity index (χ0n) is 25.6. The lowest BCUT2D eigenvalue weighted by Gasteiger charge is -2.37. The van der Waals surface area contributed by atoms with E-state index in [0.29, 0.717) is 32.8 Å². The van der Waals surface area contributed by atoms with Gasteiger partial charge in [0.15, 0.2) is 13.2 Å². The Hall–Kier alpha value is -4.90. The smallest absolute Gasteiger partial charge is 0.417 e. The molecule has 0 saturated heterocycles. The Morgan fingerprint density at radius 3 is 1.37 bits per heavy atom. The maximum absolute atomic E-state index is 10.7. The molecule has 0 aliphatic carbocycles. The van der Waals surface area contributed by atoms with E-state index < -0.39 is 7.32 Å². The second kappa shape index (κ2) is 17.0. The topological polar surface area (TPSA) is 100 Å². The Labute approximate surface area is 269 Å². The van der Waals surface area contributed by atoms with E-state index >= 15 is 0 Å². The third-order valence-corrected chi connectivity index (χ3v) is 7.45. The summed E-state index contributed by atoms with van der Waals surface area (Å²) >= 11 is 0. The van der Waals surface area contributed by atoms with E-state index in [1.807, 2.05) is 103 Å². The van der Waals surface area contributed by atoms with Gasteiger partial charge in [-0.25, -0.2) is 0 Å². The van der Waals surface area contributed by atoms with Gasteiger partial charge in [0, 0.05) is 33.6 Å². The van der Waals surface area contributed by atoms with Crippen molar-refractivity contribution < 1.29 is 43.3 Å². The van der Waals surface area contributed by atoms with Crippen molar-refractivity contribution in [2.75, 3.05) is 33.0 Å². The van der Waals surface area contributed by atoms with Crippen molar-refractivity contribution in [2.24, 2.45) is 0 Å². The molecular weight excluding hydrogens is 583 g/mol. The molecule has 2 aliphatic rings. The van der Waals surface area contributed by atoms with E-state index in [1.165, 1.54) is 16.7 Å². The second-order valence-corrected chi connectivity index (χ2v) is 10.4. The van der Waals surface area contributed by atoms with Gasteiger partial charge in [-0.15, -0.1) is 0 Å². The fraction of sp³-hybridized carbons (Fsp3) is 0.222. The van der Waals surface area contributed by atoms with Crippen molar-refractivity contribution in [1.82, 2.24) is 0 Å². The van der Waals surface area contributed by atoms with Gasteiger partial charge in [-0.3, -0.25) is 9.68 Å². The summed E-state index contributed by atoms with van der Waals surface area (Å²) in [6.07, 6.45) is 5.00. The van der Waals surface area contributed by atoms with Crippen molar-refractivity contribution in [3.05, 3.63) is 156 Å². The Balaban J connectivity index is 0.000000168. The van der Waals surface area contributed by atoms with Crippen molar-refractivity contribution in [2.45, 2.75) is 18.3 Å². The van der Waals surface area contributed by atoms with Crippen LogP contribution in [0.3, 0.4) is 0 Å². The number of benzene rings is 3. The summed E-state index contributed by atoms with van der Waals surface area (Å²) < 4.78 is 18.5. The van der Waals surface area contributed by atoms with Gasteiger partial charge >= 0.3 is 11.8 Å². The summed E-state index contributed by atoms with van der Waals surface area (Å²) in [7, 11) is -2.23. The molecule has 0 atom stereocenters. The highest BCUT2D eigenvalue weighted by Crippen LogP contribution is 2.42. The third-order valence-electron chi connectivity index (χ3n) is 7.45. The molecule has 9 nitrogen and oxygen atoms in total. The normalized spacial score (nSPS) is 12.8. The van der Waals surface area contributed by atoms with Crippen LogP contribution in [-0.4, -0.2) is 40.4 Å². The lowest BCUT2D eigenvalue weighted by atomic mass is 9.67. The van der Waals surface area contributed by atoms with Crippen molar-refractivity contribution in [3.63, 3.8) is 0 Å². The Kier molecular flexibility index (Phi) is 12.0. The molecule has 236 valence electrons. The molecule has 3 aromatic carbocycles. The molecule has 0 fully saturated rings. The van der Waals surface area contributed by atoms with E-state index in [1.54, 1.807) is 9.46 Å². The van der Waals surface area contributed by atoms with Gasteiger partial charge < -0.3 is 24.2 Å². The molecule has 10 heteroatoms. The van der Waals surface area contributed by atoms with Crippen LogP contribution in [0.5, 0.6) is 11.8 Å². The van der Waals surface area contributed by atoms with Crippen molar-refractivity contribution in [3.8, 4) is 11.8 Å². The van der Waals surface area contributed by atoms with Crippen LogP contribution in [0.1, 0.15) is 29.5 Å². The molecule has 0 spiro atoms. The maximum Gasteiger partial charge on any atom is 0.417 e. The summed E-state index contributed by atoms with van der Waals surface area (Å²) in [6.45, 7) is 2.70. The SMILES string of the molecule is [O-]B([O-])OCCCC(c1ccccc1)(c1ccccc1)c1ccccc1.c1cc[n+]2c(c1)OCCO2.c1cc[n+]2c(c1)OCCO2. The third kappa shape index (κ3) is 8.63. The molecule has 0 amide bonds. The average molecular weight is 621 g/mol. The first-order valence-electron chi connectivity index (χ1n) is 15.3. The van der Waals surface area contributed by atoms with E-state index in [-0.39, 0.29) is 12.0 Å². The number of pyridine rings is 2. The summed E-state index contributed by atoms with van der Waals surface area (Å²) in [4.78, 5) is 10.4. The average Bonchev–Trinajstić information content (AvgIpc) is 3.13. The Morgan fingerprint density at radius 2 is 0.978 bits per heavy atom. The molecule has 2 aromatic heterocycles. The second-order valence-electron chi connectivity index (χ2n) is 10.4. The minimum atomic E-state index is -2.23. The largest absolute Gasteiger partial charge is 0.871 e. The predicted molar refractivity (Wildman–Crippen MR) is 167 cm³/mol. The van der Waals surface area contributed by atoms with Crippen LogP contribution in [0, 0.1) is 0 Å². The first kappa shape index (κ1) is 32.5. The molecule has 7 rings (SSSR count). The minimum Gasteiger partial charge on any atom is -0.871 e. The van der Waals surface area contributed by atoms with Gasteiger partial charge in [0.05, 0.1) is 19.5 Å². The van der Waals surface area contributed by atoms with Crippen LogP contribution in [0.2, 0.25) is 0 Å². The molecule has 0 bridgehead atoms. The highest BCUT2D eigenvalue weighted by molar-refractivity contribution is 6.28. The summed E-state index contributed by atoms with van der Waals surface area (Å²) in [5.41, 5.74) is 3.17. The van der Waals surface area contributed by atoms with E-state index in [0.717, 1.165) is 18.2 Å². The van der Waals surface area contributed by atoms with Crippen LogP contribution >= 0.6 is 0 Å². The highest BCUT2D eigenvalue weighted by Gasteiger charge is 2.35. The van der Waals surface area contributed by atoms with Gasteiger partial charge in [0.1, 0.15) is 13.2 Å². The predicted octanol–water partition coefficient (Wildman–Crippen LogP) is 2.11. The lowest BCUT2D eigenvalue weighted by molar-refractivity contribution is -0.900. The molecular formula is C36H37BN2O7. The first-order valence-corrected chi connectivity index (χ1v) is 15.3. The van der Waals surface area contributed by atoms with E-state index in [2.05, 4.69) is 36.4 Å². The van der Waals surface area contributed by atoms with Crippen molar-refractivity contribution in [1.29, 1.82) is 0 Å². The number of rotatable bonds is 8. The van der Waals surface area contributed by atoms with E-state index in [4.69, 9.17) is 23.8 Å². The van der Waals surface area contributed by atoms with Gasteiger partial charge in [-0.05, 0) is 41.7 Å².